The van der Waals surface area contributed by atoms with Crippen LogP contribution in [0.2, 0.25) is 0 Å². The lowest BCUT2D eigenvalue weighted by molar-refractivity contribution is -0.117. The standard InChI is InChI=1S/C18H16FN3O3/c19-13-5-3-6-14(11-13)25-10-4-9-17(23)21-22-12-20-16-8-2-1-7-15(16)18(22)24/h1-3,5-8,11-12H,4,9-10H2,(H,21,23). The maximum absolute atomic E-state index is 13.0. The maximum atomic E-state index is 13.0. The van der Waals surface area contributed by atoms with E-state index in [-0.39, 0.29) is 30.3 Å². The predicted molar refractivity (Wildman–Crippen MR) is 91.5 cm³/mol. The highest BCUT2D eigenvalue weighted by molar-refractivity contribution is 5.84. The van der Waals surface area contributed by atoms with E-state index in [0.717, 1.165) is 4.68 Å². The Morgan fingerprint density at radius 2 is 2.04 bits per heavy atom. The first-order valence-corrected chi connectivity index (χ1v) is 7.78. The number of amides is 1. The third-order valence-electron chi connectivity index (χ3n) is 3.52. The number of nitrogens with one attached hydrogen (secondary N) is 1. The summed E-state index contributed by atoms with van der Waals surface area (Å²) in [5, 5.41) is 0.430. The van der Waals surface area contributed by atoms with Gasteiger partial charge in [-0.25, -0.2) is 14.1 Å². The van der Waals surface area contributed by atoms with Crippen LogP contribution in [0.15, 0.2) is 59.7 Å². The molecular formula is C18H16FN3O3. The molecule has 2 aromatic carbocycles. The monoisotopic (exact) mass is 341 g/mol. The highest BCUT2D eigenvalue weighted by Gasteiger charge is 2.07. The number of hydrogen-bond acceptors (Lipinski definition) is 4. The summed E-state index contributed by atoms with van der Waals surface area (Å²) in [7, 11) is 0. The number of carbonyl (C=O) groups is 1. The van der Waals surface area contributed by atoms with Crippen LogP contribution in [0, 0.1) is 5.82 Å². The van der Waals surface area contributed by atoms with Crippen LogP contribution >= 0.6 is 0 Å². The van der Waals surface area contributed by atoms with Gasteiger partial charge in [-0.05, 0) is 30.7 Å². The molecule has 1 heterocycles. The second-order valence-corrected chi connectivity index (χ2v) is 5.38. The Bertz CT molecular complexity index is 955. The van der Waals surface area contributed by atoms with Gasteiger partial charge in [-0.2, -0.15) is 0 Å². The van der Waals surface area contributed by atoms with Crippen molar-refractivity contribution in [3.63, 3.8) is 0 Å². The summed E-state index contributed by atoms with van der Waals surface area (Å²) in [6, 6.07) is 12.7. The van der Waals surface area contributed by atoms with E-state index in [0.29, 0.717) is 23.1 Å². The molecule has 7 heteroatoms. The van der Waals surface area contributed by atoms with Gasteiger partial charge in [-0.3, -0.25) is 15.0 Å². The Balaban J connectivity index is 1.53. The zero-order valence-corrected chi connectivity index (χ0v) is 13.3. The Labute approximate surface area is 142 Å². The molecule has 0 aliphatic rings. The summed E-state index contributed by atoms with van der Waals surface area (Å²) in [6.45, 7) is 0.266. The number of fused-ring (bicyclic) bond motifs is 1. The van der Waals surface area contributed by atoms with Crippen molar-refractivity contribution in [3.8, 4) is 5.75 Å². The summed E-state index contributed by atoms with van der Waals surface area (Å²) in [5.41, 5.74) is 2.73. The van der Waals surface area contributed by atoms with Crippen molar-refractivity contribution in [2.24, 2.45) is 0 Å². The molecule has 0 radical (unpaired) electrons. The van der Waals surface area contributed by atoms with Gasteiger partial charge in [0.05, 0.1) is 17.5 Å². The molecule has 0 spiro atoms. The van der Waals surface area contributed by atoms with E-state index >= 15 is 0 Å². The van der Waals surface area contributed by atoms with E-state index in [1.807, 2.05) is 0 Å². The average Bonchev–Trinajstić information content (AvgIpc) is 2.61. The molecule has 0 saturated heterocycles. The van der Waals surface area contributed by atoms with E-state index < -0.39 is 0 Å². The van der Waals surface area contributed by atoms with Crippen LogP contribution in [-0.2, 0) is 4.79 Å². The van der Waals surface area contributed by atoms with Crippen molar-refractivity contribution in [1.82, 2.24) is 9.66 Å². The molecule has 1 aromatic heterocycles. The zero-order valence-electron chi connectivity index (χ0n) is 13.3. The first kappa shape index (κ1) is 16.6. The van der Waals surface area contributed by atoms with Gasteiger partial charge < -0.3 is 4.74 Å². The van der Waals surface area contributed by atoms with Crippen LogP contribution in [0.5, 0.6) is 5.75 Å². The molecule has 1 amide bonds. The van der Waals surface area contributed by atoms with E-state index in [9.17, 15) is 14.0 Å². The van der Waals surface area contributed by atoms with E-state index in [1.54, 1.807) is 36.4 Å². The first-order valence-electron chi connectivity index (χ1n) is 7.78. The van der Waals surface area contributed by atoms with Crippen LogP contribution in [-0.4, -0.2) is 22.2 Å². The molecule has 0 atom stereocenters. The van der Waals surface area contributed by atoms with Crippen molar-refractivity contribution in [3.05, 3.63) is 71.0 Å². The summed E-state index contributed by atoms with van der Waals surface area (Å²) in [5.74, 6) is -0.296. The molecule has 6 nitrogen and oxygen atoms in total. The van der Waals surface area contributed by atoms with Gasteiger partial charge in [-0.1, -0.05) is 18.2 Å². The number of benzene rings is 2. The van der Waals surface area contributed by atoms with E-state index in [1.165, 1.54) is 18.5 Å². The number of ether oxygens (including phenoxy) is 1. The van der Waals surface area contributed by atoms with E-state index in [4.69, 9.17) is 4.74 Å². The van der Waals surface area contributed by atoms with Crippen LogP contribution in [0.1, 0.15) is 12.8 Å². The van der Waals surface area contributed by atoms with Gasteiger partial charge in [0.1, 0.15) is 17.9 Å². The first-order chi connectivity index (χ1) is 12.1. The summed E-state index contributed by atoms with van der Waals surface area (Å²) < 4.78 is 19.4. The third-order valence-corrected chi connectivity index (χ3v) is 3.52. The Kier molecular flexibility index (Phi) is 5.03. The molecule has 0 aliphatic heterocycles. The average molecular weight is 341 g/mol. The van der Waals surface area contributed by atoms with Crippen molar-refractivity contribution < 1.29 is 13.9 Å². The molecular weight excluding hydrogens is 325 g/mol. The van der Waals surface area contributed by atoms with Gasteiger partial charge >= 0.3 is 0 Å². The van der Waals surface area contributed by atoms with Crippen molar-refractivity contribution in [2.75, 3.05) is 12.0 Å². The second-order valence-electron chi connectivity index (χ2n) is 5.38. The van der Waals surface area contributed by atoms with Crippen LogP contribution < -0.4 is 15.7 Å². The van der Waals surface area contributed by atoms with Crippen molar-refractivity contribution >= 4 is 16.8 Å². The quantitative estimate of drug-likeness (QED) is 0.699. The molecule has 128 valence electrons. The molecule has 0 fully saturated rings. The van der Waals surface area contributed by atoms with Gasteiger partial charge in [0.15, 0.2) is 0 Å². The van der Waals surface area contributed by atoms with Crippen LogP contribution in [0.25, 0.3) is 10.9 Å². The second kappa shape index (κ2) is 7.57. The van der Waals surface area contributed by atoms with Gasteiger partial charge in [0.25, 0.3) is 5.56 Å². The normalized spacial score (nSPS) is 10.6. The molecule has 0 saturated carbocycles. The molecule has 3 rings (SSSR count). The number of carbonyl (C=O) groups excluding carboxylic acids is 1. The SMILES string of the molecule is O=C(CCCOc1cccc(F)c1)Nn1cnc2ccccc2c1=O. The summed E-state index contributed by atoms with van der Waals surface area (Å²) in [4.78, 5) is 28.3. The number of aromatic nitrogens is 2. The molecule has 1 N–H and O–H groups in total. The minimum atomic E-state index is -0.376. The minimum absolute atomic E-state index is 0.161. The number of para-hydroxylation sites is 1. The molecule has 0 bridgehead atoms. The highest BCUT2D eigenvalue weighted by Crippen LogP contribution is 2.12. The van der Waals surface area contributed by atoms with Gasteiger partial charge in [0, 0.05) is 12.5 Å². The molecule has 3 aromatic rings. The largest absolute Gasteiger partial charge is 0.493 e. The van der Waals surface area contributed by atoms with Crippen LogP contribution in [0.3, 0.4) is 0 Å². The van der Waals surface area contributed by atoms with E-state index in [2.05, 4.69) is 10.4 Å². The fourth-order valence-electron chi connectivity index (χ4n) is 2.32. The minimum Gasteiger partial charge on any atom is -0.493 e. The lowest BCUT2D eigenvalue weighted by Crippen LogP contribution is -2.33. The Morgan fingerprint density at radius 3 is 2.88 bits per heavy atom. The van der Waals surface area contributed by atoms with Crippen molar-refractivity contribution in [2.45, 2.75) is 12.8 Å². The van der Waals surface area contributed by atoms with Crippen molar-refractivity contribution in [1.29, 1.82) is 0 Å². The Morgan fingerprint density at radius 1 is 1.20 bits per heavy atom. The Hall–Kier alpha value is -3.22. The fraction of sp³-hybridized carbons (Fsp3) is 0.167. The van der Waals surface area contributed by atoms with Gasteiger partial charge in [-0.15, -0.1) is 0 Å². The number of rotatable bonds is 6. The summed E-state index contributed by atoms with van der Waals surface area (Å²) >= 11 is 0. The lowest BCUT2D eigenvalue weighted by atomic mass is 10.2. The summed E-state index contributed by atoms with van der Waals surface area (Å²) in [6.07, 6.45) is 1.87. The van der Waals surface area contributed by atoms with Gasteiger partial charge in [0.2, 0.25) is 5.91 Å². The number of hydrogen-bond donors (Lipinski definition) is 1. The topological polar surface area (TPSA) is 73.2 Å². The number of nitrogens with zero attached hydrogens (tertiary/aromatic N) is 2. The smallest absolute Gasteiger partial charge is 0.280 e. The highest BCUT2D eigenvalue weighted by atomic mass is 19.1. The molecule has 25 heavy (non-hydrogen) atoms. The lowest BCUT2D eigenvalue weighted by Gasteiger charge is -2.09. The molecule has 0 aliphatic carbocycles. The molecule has 0 unspecified atom stereocenters. The third kappa shape index (κ3) is 4.20. The van der Waals surface area contributed by atoms with Crippen LogP contribution in [0.4, 0.5) is 4.39 Å². The zero-order chi connectivity index (χ0) is 17.6. The predicted octanol–water partition coefficient (Wildman–Crippen LogP) is 2.46. The maximum Gasteiger partial charge on any atom is 0.280 e. The fourth-order valence-corrected chi connectivity index (χ4v) is 2.32. The number of halogens is 1.